The van der Waals surface area contributed by atoms with Crippen molar-refractivity contribution in [3.63, 3.8) is 0 Å². The first-order valence-corrected chi connectivity index (χ1v) is 5.61. The molecule has 0 radical (unpaired) electrons. The largest absolute Gasteiger partial charge is 0.468 e. The highest BCUT2D eigenvalue weighted by Gasteiger charge is 2.41. The van der Waals surface area contributed by atoms with Crippen LogP contribution in [0.5, 0.6) is 0 Å². The van der Waals surface area contributed by atoms with Crippen molar-refractivity contribution in [2.75, 3.05) is 20.7 Å². The van der Waals surface area contributed by atoms with E-state index >= 15 is 0 Å². The van der Waals surface area contributed by atoms with E-state index in [-0.39, 0.29) is 5.97 Å². The molecule has 0 amide bonds. The first kappa shape index (κ1) is 12.5. The Bertz CT molecular complexity index is 233. The van der Waals surface area contributed by atoms with E-state index < -0.39 is 5.54 Å². The minimum Gasteiger partial charge on any atom is -0.468 e. The number of ether oxygens (including phenoxy) is 1. The van der Waals surface area contributed by atoms with Crippen molar-refractivity contribution in [3.05, 3.63) is 0 Å². The van der Waals surface area contributed by atoms with Crippen LogP contribution in [0.4, 0.5) is 0 Å². The van der Waals surface area contributed by atoms with Crippen LogP contribution < -0.4 is 5.73 Å². The molecule has 0 aromatic heterocycles. The quantitative estimate of drug-likeness (QED) is 0.704. The second-order valence-corrected chi connectivity index (χ2v) is 4.47. The van der Waals surface area contributed by atoms with Crippen molar-refractivity contribution in [1.82, 2.24) is 4.90 Å². The third kappa shape index (κ3) is 2.69. The molecular weight excluding hydrogens is 192 g/mol. The van der Waals surface area contributed by atoms with Crippen molar-refractivity contribution >= 4 is 5.97 Å². The molecule has 0 saturated heterocycles. The molecule has 15 heavy (non-hydrogen) atoms. The molecule has 1 rings (SSSR count). The van der Waals surface area contributed by atoms with Gasteiger partial charge in [0, 0.05) is 6.04 Å². The molecule has 1 aliphatic carbocycles. The first-order valence-electron chi connectivity index (χ1n) is 5.61. The number of hydrogen-bond acceptors (Lipinski definition) is 4. The van der Waals surface area contributed by atoms with Crippen LogP contribution in [0.25, 0.3) is 0 Å². The van der Waals surface area contributed by atoms with Crippen LogP contribution in [-0.4, -0.2) is 43.2 Å². The molecule has 4 heteroatoms. The Kier molecular flexibility index (Phi) is 4.11. The average molecular weight is 214 g/mol. The molecule has 0 spiro atoms. The smallest absolute Gasteiger partial charge is 0.325 e. The number of methoxy groups -OCH3 is 1. The molecule has 2 atom stereocenters. The van der Waals surface area contributed by atoms with Gasteiger partial charge in [-0.25, -0.2) is 0 Å². The highest BCUT2D eigenvalue weighted by atomic mass is 16.5. The van der Waals surface area contributed by atoms with Crippen molar-refractivity contribution < 1.29 is 9.53 Å². The topological polar surface area (TPSA) is 55.6 Å². The van der Waals surface area contributed by atoms with Crippen molar-refractivity contribution in [1.29, 1.82) is 0 Å². The summed E-state index contributed by atoms with van der Waals surface area (Å²) in [5, 5.41) is 0. The first-order chi connectivity index (χ1) is 7.03. The SMILES string of the molecule is CCN(C)C1CCCC(N)(C(=O)OC)C1. The lowest BCUT2D eigenvalue weighted by molar-refractivity contribution is -0.149. The highest BCUT2D eigenvalue weighted by Crippen LogP contribution is 2.29. The van der Waals surface area contributed by atoms with Gasteiger partial charge in [-0.2, -0.15) is 0 Å². The molecule has 0 aromatic carbocycles. The Hall–Kier alpha value is -0.610. The van der Waals surface area contributed by atoms with Gasteiger partial charge in [0.2, 0.25) is 0 Å². The Balaban J connectivity index is 2.66. The normalized spacial score (nSPS) is 31.7. The van der Waals surface area contributed by atoms with Gasteiger partial charge >= 0.3 is 5.97 Å². The summed E-state index contributed by atoms with van der Waals surface area (Å²) in [6.45, 7) is 3.10. The fourth-order valence-electron chi connectivity index (χ4n) is 2.30. The van der Waals surface area contributed by atoms with Crippen LogP contribution in [0.15, 0.2) is 0 Å². The minimum atomic E-state index is -0.763. The number of esters is 1. The van der Waals surface area contributed by atoms with Gasteiger partial charge in [0.1, 0.15) is 5.54 Å². The van der Waals surface area contributed by atoms with Crippen molar-refractivity contribution in [3.8, 4) is 0 Å². The van der Waals surface area contributed by atoms with Gasteiger partial charge in [-0.05, 0) is 39.3 Å². The predicted molar refractivity (Wildman–Crippen MR) is 59.5 cm³/mol. The summed E-state index contributed by atoms with van der Waals surface area (Å²) >= 11 is 0. The highest BCUT2D eigenvalue weighted by molar-refractivity contribution is 5.80. The average Bonchev–Trinajstić information content (AvgIpc) is 2.26. The van der Waals surface area contributed by atoms with Crippen LogP contribution in [-0.2, 0) is 9.53 Å². The summed E-state index contributed by atoms with van der Waals surface area (Å²) in [5.41, 5.74) is 5.33. The van der Waals surface area contributed by atoms with Gasteiger partial charge in [-0.1, -0.05) is 6.92 Å². The van der Waals surface area contributed by atoms with E-state index in [0.717, 1.165) is 25.8 Å². The summed E-state index contributed by atoms with van der Waals surface area (Å²) in [6, 6.07) is 0.410. The van der Waals surface area contributed by atoms with Crippen LogP contribution in [0.1, 0.15) is 32.6 Å². The monoisotopic (exact) mass is 214 g/mol. The summed E-state index contributed by atoms with van der Waals surface area (Å²) in [7, 11) is 3.48. The molecule has 1 saturated carbocycles. The van der Waals surface area contributed by atoms with E-state index in [1.807, 2.05) is 0 Å². The van der Waals surface area contributed by atoms with E-state index in [4.69, 9.17) is 10.5 Å². The lowest BCUT2D eigenvalue weighted by atomic mass is 9.79. The van der Waals surface area contributed by atoms with Crippen molar-refractivity contribution in [2.45, 2.75) is 44.2 Å². The third-order valence-electron chi connectivity index (χ3n) is 3.47. The summed E-state index contributed by atoms with van der Waals surface area (Å²) in [5.74, 6) is -0.267. The molecular formula is C11H22N2O2. The number of carbonyl (C=O) groups is 1. The lowest BCUT2D eigenvalue weighted by Gasteiger charge is -2.39. The Labute approximate surface area is 91.8 Å². The molecule has 0 heterocycles. The summed E-state index contributed by atoms with van der Waals surface area (Å²) < 4.78 is 4.77. The van der Waals surface area contributed by atoms with Crippen molar-refractivity contribution in [2.24, 2.45) is 5.73 Å². The number of rotatable bonds is 3. The van der Waals surface area contributed by atoms with E-state index in [9.17, 15) is 4.79 Å². The van der Waals surface area contributed by atoms with E-state index in [0.29, 0.717) is 12.5 Å². The lowest BCUT2D eigenvalue weighted by Crippen LogP contribution is -2.55. The van der Waals surface area contributed by atoms with Gasteiger partial charge in [0.05, 0.1) is 7.11 Å². The zero-order valence-electron chi connectivity index (χ0n) is 9.95. The van der Waals surface area contributed by atoms with Crippen LogP contribution in [0.2, 0.25) is 0 Å². The Morgan fingerprint density at radius 1 is 1.67 bits per heavy atom. The minimum absolute atomic E-state index is 0.267. The third-order valence-corrected chi connectivity index (χ3v) is 3.47. The number of hydrogen-bond donors (Lipinski definition) is 1. The van der Waals surface area contributed by atoms with Gasteiger partial charge in [0.15, 0.2) is 0 Å². The standard InChI is InChI=1S/C11H22N2O2/c1-4-13(2)9-6-5-7-11(12,8-9)10(14)15-3/h9H,4-8,12H2,1-3H3. The molecule has 0 aliphatic heterocycles. The summed E-state index contributed by atoms with van der Waals surface area (Å²) in [4.78, 5) is 13.8. The second-order valence-electron chi connectivity index (χ2n) is 4.47. The molecule has 0 bridgehead atoms. The Morgan fingerprint density at radius 2 is 2.33 bits per heavy atom. The molecule has 88 valence electrons. The zero-order valence-corrected chi connectivity index (χ0v) is 9.95. The second kappa shape index (κ2) is 4.94. The van der Waals surface area contributed by atoms with Gasteiger partial charge in [-0.3, -0.25) is 4.79 Å². The van der Waals surface area contributed by atoms with E-state index in [2.05, 4.69) is 18.9 Å². The molecule has 1 fully saturated rings. The molecule has 2 N–H and O–H groups in total. The maximum Gasteiger partial charge on any atom is 0.325 e. The Morgan fingerprint density at radius 3 is 2.87 bits per heavy atom. The number of carbonyl (C=O) groups excluding carboxylic acids is 1. The van der Waals surface area contributed by atoms with E-state index in [1.165, 1.54) is 7.11 Å². The van der Waals surface area contributed by atoms with Crippen LogP contribution in [0, 0.1) is 0 Å². The van der Waals surface area contributed by atoms with Crippen LogP contribution in [0.3, 0.4) is 0 Å². The fraction of sp³-hybridized carbons (Fsp3) is 0.909. The number of nitrogens with zero attached hydrogens (tertiary/aromatic N) is 1. The van der Waals surface area contributed by atoms with Crippen LogP contribution >= 0.6 is 0 Å². The molecule has 4 nitrogen and oxygen atoms in total. The van der Waals surface area contributed by atoms with Gasteiger partial charge in [-0.15, -0.1) is 0 Å². The maximum atomic E-state index is 11.6. The van der Waals surface area contributed by atoms with Gasteiger partial charge < -0.3 is 15.4 Å². The summed E-state index contributed by atoms with van der Waals surface area (Å²) in [6.07, 6.45) is 3.58. The number of nitrogens with two attached hydrogens (primary N) is 1. The van der Waals surface area contributed by atoms with Gasteiger partial charge in [0.25, 0.3) is 0 Å². The van der Waals surface area contributed by atoms with E-state index in [1.54, 1.807) is 0 Å². The molecule has 2 unspecified atom stereocenters. The molecule has 0 aromatic rings. The predicted octanol–water partition coefficient (Wildman–Crippen LogP) is 0.751. The molecule has 1 aliphatic rings. The maximum absolute atomic E-state index is 11.6. The fourth-order valence-corrected chi connectivity index (χ4v) is 2.30. The zero-order chi connectivity index (χ0) is 11.5.